The Morgan fingerprint density at radius 2 is 1.73 bits per heavy atom. The Hall–Kier alpha value is -3.02. The summed E-state index contributed by atoms with van der Waals surface area (Å²) in [5.74, 6) is -1.04. The quantitative estimate of drug-likeness (QED) is 0.138. The van der Waals surface area contributed by atoms with Gasteiger partial charge in [-0.2, -0.15) is 0 Å². The number of pyridine rings is 1. The van der Waals surface area contributed by atoms with Crippen LogP contribution >= 0.6 is 23.2 Å². The summed E-state index contributed by atoms with van der Waals surface area (Å²) >= 11 is 12.5. The first kappa shape index (κ1) is 28.5. The summed E-state index contributed by atoms with van der Waals surface area (Å²) in [5.41, 5.74) is 3.20. The fourth-order valence-electron chi connectivity index (χ4n) is 3.55. The Kier molecular flexibility index (Phi) is 10.4. The van der Waals surface area contributed by atoms with Crippen molar-refractivity contribution in [3.05, 3.63) is 76.4 Å². The average Bonchev–Trinajstić information content (AvgIpc) is 2.89. The van der Waals surface area contributed by atoms with E-state index in [1.54, 1.807) is 42.0 Å². The van der Waals surface area contributed by atoms with E-state index in [0.717, 1.165) is 0 Å². The van der Waals surface area contributed by atoms with Crippen LogP contribution in [0.4, 0.5) is 5.69 Å². The van der Waals surface area contributed by atoms with Gasteiger partial charge < -0.3 is 5.32 Å². The molecule has 2 amide bonds. The highest BCUT2D eigenvalue weighted by Gasteiger charge is 2.23. The predicted octanol–water partition coefficient (Wildman–Crippen LogP) is 5.04. The monoisotopic (exact) mass is 564 g/mol. The van der Waals surface area contributed by atoms with Crippen LogP contribution in [0.2, 0.25) is 10.0 Å². The number of nitrogens with one attached hydrogen (secondary N) is 3. The first-order chi connectivity index (χ1) is 17.7. The lowest BCUT2D eigenvalue weighted by Crippen LogP contribution is -2.26. The number of rotatable bonds is 12. The van der Waals surface area contributed by atoms with Crippen LogP contribution in [0.25, 0.3) is 11.3 Å². The Morgan fingerprint density at radius 3 is 2.46 bits per heavy atom. The van der Waals surface area contributed by atoms with Crippen LogP contribution in [0.1, 0.15) is 42.5 Å². The van der Waals surface area contributed by atoms with E-state index in [2.05, 4.69) is 15.0 Å². The standard InChI is InChI=1S/C25H26Cl2N4O5S/c26-17-12-13-21(19(16-17)20-9-4-6-14-28-20)30-25(33)18-8-7-10-22(24(18)27)37(35,36)29-15-5-2-1-3-11-23(32)31-34/h4,6-10,12-14,16,29,34H,1-3,5,11,15H2,(H,30,33)(H,31,32). The number of amides is 2. The van der Waals surface area contributed by atoms with Crippen LogP contribution in [-0.4, -0.2) is 37.0 Å². The van der Waals surface area contributed by atoms with Crippen LogP contribution in [0.15, 0.2) is 65.7 Å². The molecule has 0 unspecified atom stereocenters. The highest BCUT2D eigenvalue weighted by Crippen LogP contribution is 2.31. The van der Waals surface area contributed by atoms with Gasteiger partial charge in [-0.15, -0.1) is 0 Å². The maximum Gasteiger partial charge on any atom is 0.257 e. The predicted molar refractivity (Wildman–Crippen MR) is 142 cm³/mol. The van der Waals surface area contributed by atoms with Gasteiger partial charge in [0.2, 0.25) is 15.9 Å². The Morgan fingerprint density at radius 1 is 0.946 bits per heavy atom. The summed E-state index contributed by atoms with van der Waals surface area (Å²) in [6.45, 7) is 0.166. The van der Waals surface area contributed by atoms with Crippen molar-refractivity contribution in [2.45, 2.75) is 37.0 Å². The summed E-state index contributed by atoms with van der Waals surface area (Å²) in [6, 6.07) is 14.5. The van der Waals surface area contributed by atoms with Crippen LogP contribution in [0, 0.1) is 0 Å². The molecule has 3 aromatic rings. The lowest BCUT2D eigenvalue weighted by atomic mass is 10.1. The number of aromatic nitrogens is 1. The molecule has 0 fully saturated rings. The maximum absolute atomic E-state index is 13.1. The van der Waals surface area contributed by atoms with Gasteiger partial charge in [-0.1, -0.05) is 48.2 Å². The van der Waals surface area contributed by atoms with E-state index < -0.39 is 21.8 Å². The molecular weight excluding hydrogens is 539 g/mol. The lowest BCUT2D eigenvalue weighted by Gasteiger charge is -2.14. The first-order valence-corrected chi connectivity index (χ1v) is 13.7. The largest absolute Gasteiger partial charge is 0.321 e. The van der Waals surface area contributed by atoms with Crippen LogP contribution in [0.3, 0.4) is 0 Å². The van der Waals surface area contributed by atoms with Crippen molar-refractivity contribution in [3.63, 3.8) is 0 Å². The number of carbonyl (C=O) groups excluding carboxylic acids is 2. The molecule has 12 heteroatoms. The molecule has 0 spiro atoms. The molecule has 4 N–H and O–H groups in total. The third-order valence-electron chi connectivity index (χ3n) is 5.42. The second-order valence-electron chi connectivity index (χ2n) is 8.07. The molecule has 0 aliphatic rings. The van der Waals surface area contributed by atoms with E-state index in [9.17, 15) is 18.0 Å². The molecular formula is C25H26Cl2N4O5S. The number of hydrogen-bond donors (Lipinski definition) is 4. The SMILES string of the molecule is O=C(CCCCCCNS(=O)(=O)c1cccc(C(=O)Nc2ccc(Cl)cc2-c2ccccn2)c1Cl)NO. The maximum atomic E-state index is 13.1. The van der Waals surface area contributed by atoms with Gasteiger partial charge in [-0.05, 0) is 55.3 Å². The zero-order valence-corrected chi connectivity index (χ0v) is 22.0. The van der Waals surface area contributed by atoms with Crippen LogP contribution in [-0.2, 0) is 14.8 Å². The van der Waals surface area contributed by atoms with E-state index in [1.807, 2.05) is 6.07 Å². The van der Waals surface area contributed by atoms with Gasteiger partial charge in [-0.25, -0.2) is 18.6 Å². The minimum atomic E-state index is -3.97. The molecule has 0 saturated heterocycles. The summed E-state index contributed by atoms with van der Waals surface area (Å²) in [5, 5.41) is 11.5. The second-order valence-corrected chi connectivity index (χ2v) is 10.6. The Labute approximate surface area is 225 Å². The molecule has 37 heavy (non-hydrogen) atoms. The molecule has 0 aliphatic heterocycles. The number of hydroxylamine groups is 1. The van der Waals surface area contributed by atoms with Gasteiger partial charge in [0.15, 0.2) is 0 Å². The fourth-order valence-corrected chi connectivity index (χ4v) is 5.41. The smallest absolute Gasteiger partial charge is 0.257 e. The van der Waals surface area contributed by atoms with Crippen LogP contribution < -0.4 is 15.5 Å². The molecule has 0 atom stereocenters. The minimum absolute atomic E-state index is 0.00591. The molecule has 0 aliphatic carbocycles. The van der Waals surface area contributed by atoms with Crippen molar-refractivity contribution in [2.24, 2.45) is 0 Å². The molecule has 1 aromatic heterocycles. The van der Waals surface area contributed by atoms with E-state index in [0.29, 0.717) is 47.7 Å². The Balaban J connectivity index is 1.68. The average molecular weight is 565 g/mol. The van der Waals surface area contributed by atoms with Gasteiger partial charge in [0, 0.05) is 29.7 Å². The molecule has 9 nitrogen and oxygen atoms in total. The molecule has 196 valence electrons. The highest BCUT2D eigenvalue weighted by molar-refractivity contribution is 7.89. The number of anilines is 1. The number of benzene rings is 2. The van der Waals surface area contributed by atoms with Gasteiger partial charge in [0.05, 0.1) is 22.0 Å². The lowest BCUT2D eigenvalue weighted by molar-refractivity contribution is -0.129. The van der Waals surface area contributed by atoms with Crippen LogP contribution in [0.5, 0.6) is 0 Å². The van der Waals surface area contributed by atoms with E-state index in [1.165, 1.54) is 18.2 Å². The molecule has 0 radical (unpaired) electrons. The van der Waals surface area contributed by atoms with E-state index >= 15 is 0 Å². The fraction of sp³-hybridized carbons (Fsp3) is 0.240. The second kappa shape index (κ2) is 13.5. The van der Waals surface area contributed by atoms with Crippen molar-refractivity contribution in [1.29, 1.82) is 0 Å². The molecule has 0 bridgehead atoms. The van der Waals surface area contributed by atoms with Crippen molar-refractivity contribution < 1.29 is 23.2 Å². The minimum Gasteiger partial charge on any atom is -0.321 e. The van der Waals surface area contributed by atoms with E-state index in [-0.39, 0.29) is 28.4 Å². The number of unbranched alkanes of at least 4 members (excludes halogenated alkanes) is 3. The summed E-state index contributed by atoms with van der Waals surface area (Å²) < 4.78 is 28.2. The third-order valence-corrected chi connectivity index (χ3v) is 7.67. The van der Waals surface area contributed by atoms with Crippen molar-refractivity contribution in [2.75, 3.05) is 11.9 Å². The summed E-state index contributed by atoms with van der Waals surface area (Å²) in [6.07, 6.45) is 4.35. The van der Waals surface area contributed by atoms with Gasteiger partial charge in [0.1, 0.15) is 4.90 Å². The van der Waals surface area contributed by atoms with Gasteiger partial charge in [0.25, 0.3) is 5.91 Å². The number of carbonyl (C=O) groups is 2. The molecule has 3 rings (SSSR count). The Bertz CT molecular complexity index is 1350. The van der Waals surface area contributed by atoms with Crippen molar-refractivity contribution in [1.82, 2.24) is 15.2 Å². The van der Waals surface area contributed by atoms with Crippen molar-refractivity contribution in [3.8, 4) is 11.3 Å². The number of sulfonamides is 1. The summed E-state index contributed by atoms with van der Waals surface area (Å²) in [7, 11) is -3.97. The molecule has 0 saturated carbocycles. The zero-order chi connectivity index (χ0) is 26.8. The van der Waals surface area contributed by atoms with Crippen molar-refractivity contribution >= 4 is 50.7 Å². The third kappa shape index (κ3) is 7.98. The molecule has 2 aromatic carbocycles. The van der Waals surface area contributed by atoms with E-state index in [4.69, 9.17) is 28.4 Å². The number of nitrogens with zero attached hydrogens (tertiary/aromatic N) is 1. The number of hydrogen-bond acceptors (Lipinski definition) is 6. The molecule has 1 heterocycles. The first-order valence-electron chi connectivity index (χ1n) is 11.5. The zero-order valence-electron chi connectivity index (χ0n) is 19.7. The highest BCUT2D eigenvalue weighted by atomic mass is 35.5. The normalized spacial score (nSPS) is 11.2. The van der Waals surface area contributed by atoms with Gasteiger partial charge in [-0.3, -0.25) is 19.8 Å². The topological polar surface area (TPSA) is 137 Å². The van der Waals surface area contributed by atoms with Gasteiger partial charge >= 0.3 is 0 Å². The summed E-state index contributed by atoms with van der Waals surface area (Å²) in [4.78, 5) is 28.2. The number of halogens is 2.